The number of carbonyl (C=O) groups excluding carboxylic acids is 1. The molecule has 0 bridgehead atoms. The number of hydrogen-bond acceptors (Lipinski definition) is 3. The monoisotopic (exact) mass is 383 g/mol. The summed E-state index contributed by atoms with van der Waals surface area (Å²) in [7, 11) is -3.59. The summed E-state index contributed by atoms with van der Waals surface area (Å²) < 4.78 is 63.7. The molecule has 0 aromatic heterocycles. The number of hydrogen-bond donors (Lipinski definition) is 0. The molecule has 1 fully saturated rings. The third kappa shape index (κ3) is 3.60. The normalized spacial score (nSPS) is 18.1. The predicted octanol–water partition coefficient (Wildman–Crippen LogP) is 3.39. The minimum atomic E-state index is -4.54. The number of amides is 1. The SMILES string of the molecule is O=C(c1cccc(C(F)(F)F)c1)N1CCC(S(=O)(=O)c2ccccc2)C1. The van der Waals surface area contributed by atoms with E-state index in [-0.39, 0.29) is 30.0 Å². The second kappa shape index (κ2) is 6.75. The summed E-state index contributed by atoms with van der Waals surface area (Å²) in [6.45, 7) is 0.151. The van der Waals surface area contributed by atoms with Crippen molar-refractivity contribution in [2.45, 2.75) is 22.7 Å². The summed E-state index contributed by atoms with van der Waals surface area (Å²) >= 11 is 0. The largest absolute Gasteiger partial charge is 0.416 e. The fraction of sp³-hybridized carbons (Fsp3) is 0.278. The predicted molar refractivity (Wildman–Crippen MR) is 89.4 cm³/mol. The molecule has 2 aromatic carbocycles. The molecule has 138 valence electrons. The number of rotatable bonds is 3. The van der Waals surface area contributed by atoms with E-state index in [1.807, 2.05) is 0 Å². The smallest absolute Gasteiger partial charge is 0.337 e. The molecule has 1 saturated heterocycles. The van der Waals surface area contributed by atoms with Gasteiger partial charge >= 0.3 is 6.18 Å². The van der Waals surface area contributed by atoms with Gasteiger partial charge in [0.15, 0.2) is 9.84 Å². The fourth-order valence-electron chi connectivity index (χ4n) is 2.98. The Morgan fingerprint density at radius 3 is 2.38 bits per heavy atom. The molecule has 8 heteroatoms. The minimum Gasteiger partial charge on any atom is -0.337 e. The van der Waals surface area contributed by atoms with Crippen molar-refractivity contribution in [1.82, 2.24) is 4.90 Å². The Kier molecular flexibility index (Phi) is 4.79. The second-order valence-electron chi connectivity index (χ2n) is 6.10. The van der Waals surface area contributed by atoms with Gasteiger partial charge in [0.25, 0.3) is 5.91 Å². The molecule has 0 saturated carbocycles. The third-order valence-electron chi connectivity index (χ3n) is 4.38. The Labute approximate surface area is 149 Å². The van der Waals surface area contributed by atoms with Crippen molar-refractivity contribution in [3.05, 3.63) is 65.7 Å². The fourth-order valence-corrected chi connectivity index (χ4v) is 4.69. The maximum absolute atomic E-state index is 12.8. The van der Waals surface area contributed by atoms with Gasteiger partial charge in [-0.05, 0) is 36.8 Å². The van der Waals surface area contributed by atoms with Gasteiger partial charge in [-0.1, -0.05) is 24.3 Å². The van der Waals surface area contributed by atoms with Crippen molar-refractivity contribution in [3.8, 4) is 0 Å². The molecule has 1 unspecified atom stereocenters. The van der Waals surface area contributed by atoms with E-state index in [2.05, 4.69) is 0 Å². The van der Waals surface area contributed by atoms with Crippen molar-refractivity contribution in [1.29, 1.82) is 0 Å². The van der Waals surface area contributed by atoms with E-state index < -0.39 is 32.7 Å². The average molecular weight is 383 g/mol. The molecule has 4 nitrogen and oxygen atoms in total. The van der Waals surface area contributed by atoms with Gasteiger partial charge in [-0.3, -0.25) is 4.79 Å². The lowest BCUT2D eigenvalue weighted by molar-refractivity contribution is -0.137. The summed E-state index contributed by atoms with van der Waals surface area (Å²) in [6, 6.07) is 12.1. The number of carbonyl (C=O) groups is 1. The molecule has 0 aliphatic carbocycles. The Morgan fingerprint density at radius 1 is 1.04 bits per heavy atom. The van der Waals surface area contributed by atoms with Crippen LogP contribution in [0, 0.1) is 0 Å². The topological polar surface area (TPSA) is 54.5 Å². The molecular weight excluding hydrogens is 367 g/mol. The first kappa shape index (κ1) is 18.4. The minimum absolute atomic E-state index is 0.0354. The van der Waals surface area contributed by atoms with Crippen LogP contribution in [0.3, 0.4) is 0 Å². The van der Waals surface area contributed by atoms with E-state index in [4.69, 9.17) is 0 Å². The lowest BCUT2D eigenvalue weighted by Gasteiger charge is -2.17. The summed E-state index contributed by atoms with van der Waals surface area (Å²) in [4.78, 5) is 14.0. The number of benzene rings is 2. The summed E-state index contributed by atoms with van der Waals surface area (Å²) in [6.07, 6.45) is -4.29. The van der Waals surface area contributed by atoms with Gasteiger partial charge < -0.3 is 4.90 Å². The summed E-state index contributed by atoms with van der Waals surface area (Å²) in [5.41, 5.74) is -1.01. The lowest BCUT2D eigenvalue weighted by atomic mass is 10.1. The Morgan fingerprint density at radius 2 is 1.73 bits per heavy atom. The number of sulfone groups is 1. The third-order valence-corrected chi connectivity index (χ3v) is 6.57. The molecule has 2 aromatic rings. The van der Waals surface area contributed by atoms with Crippen LogP contribution in [-0.4, -0.2) is 37.6 Å². The first-order chi connectivity index (χ1) is 12.2. The molecule has 0 spiro atoms. The van der Waals surface area contributed by atoms with Crippen LogP contribution in [0.4, 0.5) is 13.2 Å². The van der Waals surface area contributed by atoms with E-state index in [0.717, 1.165) is 12.1 Å². The molecule has 1 amide bonds. The molecule has 1 aliphatic rings. The lowest BCUT2D eigenvalue weighted by Crippen LogP contribution is -2.32. The molecule has 26 heavy (non-hydrogen) atoms. The van der Waals surface area contributed by atoms with Gasteiger partial charge in [-0.25, -0.2) is 8.42 Å². The number of halogens is 3. The second-order valence-corrected chi connectivity index (χ2v) is 8.33. The zero-order valence-electron chi connectivity index (χ0n) is 13.6. The molecule has 0 N–H and O–H groups in total. The molecule has 3 rings (SSSR count). The molecule has 1 atom stereocenters. The highest BCUT2D eigenvalue weighted by molar-refractivity contribution is 7.92. The van der Waals surface area contributed by atoms with Gasteiger partial charge in [0.05, 0.1) is 15.7 Å². The van der Waals surface area contributed by atoms with Crippen LogP contribution in [0.2, 0.25) is 0 Å². The molecular formula is C18H16F3NO3S. The first-order valence-electron chi connectivity index (χ1n) is 7.95. The van der Waals surface area contributed by atoms with Gasteiger partial charge in [-0.15, -0.1) is 0 Å². The summed E-state index contributed by atoms with van der Waals surface area (Å²) in [5, 5.41) is -0.764. The highest BCUT2D eigenvalue weighted by Gasteiger charge is 2.37. The van der Waals surface area contributed by atoms with Crippen LogP contribution in [0.5, 0.6) is 0 Å². The molecule has 1 aliphatic heterocycles. The maximum Gasteiger partial charge on any atom is 0.416 e. The standard InChI is InChI=1S/C18H16F3NO3S/c19-18(20,21)14-6-4-5-13(11-14)17(23)22-10-9-16(12-22)26(24,25)15-7-2-1-3-8-15/h1-8,11,16H,9-10,12H2. The zero-order valence-corrected chi connectivity index (χ0v) is 14.4. The first-order valence-corrected chi connectivity index (χ1v) is 9.50. The molecule has 1 heterocycles. The number of alkyl halides is 3. The van der Waals surface area contributed by atoms with E-state index >= 15 is 0 Å². The van der Waals surface area contributed by atoms with Crippen LogP contribution in [0.1, 0.15) is 22.3 Å². The van der Waals surface area contributed by atoms with E-state index in [9.17, 15) is 26.4 Å². The van der Waals surface area contributed by atoms with Crippen LogP contribution >= 0.6 is 0 Å². The van der Waals surface area contributed by atoms with E-state index in [1.54, 1.807) is 18.2 Å². The number of nitrogens with zero attached hydrogens (tertiary/aromatic N) is 1. The average Bonchev–Trinajstić information content (AvgIpc) is 3.12. The Balaban J connectivity index is 1.78. The highest BCUT2D eigenvalue weighted by Crippen LogP contribution is 2.30. The van der Waals surface area contributed by atoms with Crippen molar-refractivity contribution < 1.29 is 26.4 Å². The summed E-state index contributed by atoms with van der Waals surface area (Å²) in [5.74, 6) is -0.595. The van der Waals surface area contributed by atoms with Crippen molar-refractivity contribution in [3.63, 3.8) is 0 Å². The van der Waals surface area contributed by atoms with Gasteiger partial charge in [0.2, 0.25) is 0 Å². The quantitative estimate of drug-likeness (QED) is 0.816. The van der Waals surface area contributed by atoms with Gasteiger partial charge in [0.1, 0.15) is 0 Å². The van der Waals surface area contributed by atoms with Gasteiger partial charge in [0, 0.05) is 18.7 Å². The maximum atomic E-state index is 12.8. The number of likely N-dealkylation sites (tertiary alicyclic amines) is 1. The van der Waals surface area contributed by atoms with Crippen molar-refractivity contribution >= 4 is 15.7 Å². The van der Waals surface area contributed by atoms with Crippen molar-refractivity contribution in [2.75, 3.05) is 13.1 Å². The van der Waals surface area contributed by atoms with Gasteiger partial charge in [-0.2, -0.15) is 13.2 Å². The van der Waals surface area contributed by atoms with Crippen LogP contribution in [0.25, 0.3) is 0 Å². The Hall–Kier alpha value is -2.35. The molecule has 0 radical (unpaired) electrons. The van der Waals surface area contributed by atoms with Crippen molar-refractivity contribution in [2.24, 2.45) is 0 Å². The van der Waals surface area contributed by atoms with E-state index in [0.29, 0.717) is 0 Å². The van der Waals surface area contributed by atoms with Crippen LogP contribution in [-0.2, 0) is 16.0 Å². The highest BCUT2D eigenvalue weighted by atomic mass is 32.2. The van der Waals surface area contributed by atoms with E-state index in [1.165, 1.54) is 29.2 Å². The Bertz CT molecular complexity index is 911. The van der Waals surface area contributed by atoms with Crippen LogP contribution in [0.15, 0.2) is 59.5 Å². The van der Waals surface area contributed by atoms with Crippen LogP contribution < -0.4 is 0 Å². The zero-order chi connectivity index (χ0) is 18.9.